The molecule has 0 saturated carbocycles. The van der Waals surface area contributed by atoms with E-state index in [1.807, 2.05) is 43.3 Å². The van der Waals surface area contributed by atoms with E-state index in [1.165, 1.54) is 0 Å². The summed E-state index contributed by atoms with van der Waals surface area (Å²) in [5, 5.41) is 10.6. The van der Waals surface area contributed by atoms with E-state index in [9.17, 15) is 4.79 Å². The van der Waals surface area contributed by atoms with Crippen molar-refractivity contribution in [1.29, 1.82) is 0 Å². The highest BCUT2D eigenvalue weighted by Gasteiger charge is 2.10. The smallest absolute Gasteiger partial charge is 0.320 e. The van der Waals surface area contributed by atoms with Crippen molar-refractivity contribution in [2.24, 2.45) is 0 Å². The van der Waals surface area contributed by atoms with E-state index in [1.54, 1.807) is 28.9 Å². The number of nitrogens with one attached hydrogen (secondary N) is 2. The molecule has 26 heavy (non-hydrogen) atoms. The van der Waals surface area contributed by atoms with Crippen molar-refractivity contribution < 1.29 is 9.53 Å². The SMILES string of the molecule is Cc1cc(NC(=O)NCCOc2ccc(Cl)cc2)n(-c2ccccc2)n1. The zero-order valence-corrected chi connectivity index (χ0v) is 15.0. The first-order chi connectivity index (χ1) is 12.6. The molecule has 0 aliphatic rings. The summed E-state index contributed by atoms with van der Waals surface area (Å²) in [4.78, 5) is 12.1. The van der Waals surface area contributed by atoms with Gasteiger partial charge in [0.05, 0.1) is 17.9 Å². The molecule has 2 aromatic carbocycles. The number of nitrogens with zero attached hydrogens (tertiary/aromatic N) is 2. The lowest BCUT2D eigenvalue weighted by molar-refractivity contribution is 0.247. The molecule has 0 saturated heterocycles. The van der Waals surface area contributed by atoms with Gasteiger partial charge in [-0.2, -0.15) is 5.10 Å². The van der Waals surface area contributed by atoms with Crippen LogP contribution in [-0.4, -0.2) is 29.0 Å². The molecule has 0 aliphatic carbocycles. The fourth-order valence-corrected chi connectivity index (χ4v) is 2.51. The molecule has 0 radical (unpaired) electrons. The zero-order valence-electron chi connectivity index (χ0n) is 14.3. The van der Waals surface area contributed by atoms with Gasteiger partial charge in [0.1, 0.15) is 18.2 Å². The third-order valence-electron chi connectivity index (χ3n) is 3.54. The van der Waals surface area contributed by atoms with Gasteiger partial charge in [0.15, 0.2) is 0 Å². The van der Waals surface area contributed by atoms with Gasteiger partial charge in [-0.1, -0.05) is 29.8 Å². The van der Waals surface area contributed by atoms with Crippen molar-refractivity contribution in [2.75, 3.05) is 18.5 Å². The van der Waals surface area contributed by atoms with Crippen LogP contribution in [0.15, 0.2) is 60.7 Å². The van der Waals surface area contributed by atoms with E-state index in [0.29, 0.717) is 29.7 Å². The van der Waals surface area contributed by atoms with Crippen molar-refractivity contribution in [3.63, 3.8) is 0 Å². The van der Waals surface area contributed by atoms with E-state index in [4.69, 9.17) is 16.3 Å². The number of anilines is 1. The van der Waals surface area contributed by atoms with Crippen LogP contribution in [0.5, 0.6) is 5.75 Å². The average molecular weight is 371 g/mol. The van der Waals surface area contributed by atoms with Crippen molar-refractivity contribution >= 4 is 23.4 Å². The maximum atomic E-state index is 12.1. The molecule has 2 N–H and O–H groups in total. The minimum absolute atomic E-state index is 0.318. The van der Waals surface area contributed by atoms with Crippen LogP contribution in [0, 0.1) is 6.92 Å². The molecule has 0 fully saturated rings. The number of halogens is 1. The average Bonchev–Trinajstić information content (AvgIpc) is 3.01. The Hall–Kier alpha value is -2.99. The second-order valence-corrected chi connectivity index (χ2v) is 6.04. The normalized spacial score (nSPS) is 10.4. The number of amides is 2. The van der Waals surface area contributed by atoms with Crippen LogP contribution in [-0.2, 0) is 0 Å². The number of ether oxygens (including phenoxy) is 1. The summed E-state index contributed by atoms with van der Waals surface area (Å²) in [5.41, 5.74) is 1.69. The van der Waals surface area contributed by atoms with Gasteiger partial charge in [0.2, 0.25) is 0 Å². The highest BCUT2D eigenvalue weighted by molar-refractivity contribution is 6.30. The molecule has 3 rings (SSSR count). The van der Waals surface area contributed by atoms with Gasteiger partial charge in [-0.05, 0) is 43.3 Å². The molecular formula is C19H19ClN4O2. The number of hydrogen-bond donors (Lipinski definition) is 2. The first-order valence-corrected chi connectivity index (χ1v) is 8.55. The highest BCUT2D eigenvalue weighted by Crippen LogP contribution is 2.17. The lowest BCUT2D eigenvalue weighted by atomic mass is 10.3. The zero-order chi connectivity index (χ0) is 18.4. The Morgan fingerprint density at radius 1 is 1.15 bits per heavy atom. The summed E-state index contributed by atoms with van der Waals surface area (Å²) in [7, 11) is 0. The Labute approximate surface area is 156 Å². The molecule has 0 unspecified atom stereocenters. The van der Waals surface area contributed by atoms with Crippen LogP contribution in [0.25, 0.3) is 5.69 Å². The molecule has 6 nitrogen and oxygen atoms in total. The quantitative estimate of drug-likeness (QED) is 0.643. The number of carbonyl (C=O) groups is 1. The number of para-hydroxylation sites is 1. The summed E-state index contributed by atoms with van der Waals surface area (Å²) in [6.07, 6.45) is 0. The second-order valence-electron chi connectivity index (χ2n) is 5.60. The van der Waals surface area contributed by atoms with Crippen molar-refractivity contribution in [3.05, 3.63) is 71.4 Å². The van der Waals surface area contributed by atoms with Crippen LogP contribution < -0.4 is 15.4 Å². The molecule has 0 aliphatic heterocycles. The van der Waals surface area contributed by atoms with Crippen molar-refractivity contribution in [3.8, 4) is 11.4 Å². The van der Waals surface area contributed by atoms with Crippen LogP contribution in [0.1, 0.15) is 5.69 Å². The summed E-state index contributed by atoms with van der Waals surface area (Å²) < 4.78 is 7.23. The first kappa shape index (κ1) is 17.8. The predicted octanol–water partition coefficient (Wildman–Crippen LogP) is 4.03. The second kappa shape index (κ2) is 8.40. The monoisotopic (exact) mass is 370 g/mol. The van der Waals surface area contributed by atoms with Gasteiger partial charge in [-0.25, -0.2) is 9.48 Å². The Morgan fingerprint density at radius 2 is 1.88 bits per heavy atom. The van der Waals surface area contributed by atoms with Crippen LogP contribution >= 0.6 is 11.6 Å². The molecule has 0 bridgehead atoms. The van der Waals surface area contributed by atoms with E-state index >= 15 is 0 Å². The molecule has 134 valence electrons. The number of aromatic nitrogens is 2. The number of benzene rings is 2. The third kappa shape index (κ3) is 4.77. The lowest BCUT2D eigenvalue weighted by Gasteiger charge is -2.10. The van der Waals surface area contributed by atoms with Gasteiger partial charge in [0.25, 0.3) is 0 Å². The molecule has 3 aromatic rings. The van der Waals surface area contributed by atoms with Crippen LogP contribution in [0.4, 0.5) is 10.6 Å². The van der Waals surface area contributed by atoms with Gasteiger partial charge < -0.3 is 10.1 Å². The van der Waals surface area contributed by atoms with Crippen molar-refractivity contribution in [1.82, 2.24) is 15.1 Å². The molecule has 1 heterocycles. The molecule has 2 amide bonds. The summed E-state index contributed by atoms with van der Waals surface area (Å²) in [5.74, 6) is 1.30. The fraction of sp³-hybridized carbons (Fsp3) is 0.158. The van der Waals surface area contributed by atoms with Crippen LogP contribution in [0.3, 0.4) is 0 Å². The third-order valence-corrected chi connectivity index (χ3v) is 3.80. The standard InChI is InChI=1S/C19H19ClN4O2/c1-14-13-18(24(23-14)16-5-3-2-4-6-16)22-19(25)21-11-12-26-17-9-7-15(20)8-10-17/h2-10,13H,11-12H2,1H3,(H2,21,22,25). The van der Waals surface area contributed by atoms with Crippen molar-refractivity contribution in [2.45, 2.75) is 6.92 Å². The minimum Gasteiger partial charge on any atom is -0.492 e. The molecule has 1 aromatic heterocycles. The maximum Gasteiger partial charge on any atom is 0.320 e. The summed E-state index contributed by atoms with van der Waals surface area (Å²) >= 11 is 5.82. The van der Waals surface area contributed by atoms with E-state index in [-0.39, 0.29) is 6.03 Å². The van der Waals surface area contributed by atoms with E-state index < -0.39 is 0 Å². The molecule has 7 heteroatoms. The number of carbonyl (C=O) groups excluding carboxylic acids is 1. The van der Waals surface area contributed by atoms with Gasteiger partial charge >= 0.3 is 6.03 Å². The number of urea groups is 1. The lowest BCUT2D eigenvalue weighted by Crippen LogP contribution is -2.32. The van der Waals surface area contributed by atoms with E-state index in [0.717, 1.165) is 11.4 Å². The number of aryl methyl sites for hydroxylation is 1. The maximum absolute atomic E-state index is 12.1. The number of hydrogen-bond acceptors (Lipinski definition) is 3. The predicted molar refractivity (Wildman–Crippen MR) is 102 cm³/mol. The first-order valence-electron chi connectivity index (χ1n) is 8.17. The fourth-order valence-electron chi connectivity index (χ4n) is 2.38. The largest absolute Gasteiger partial charge is 0.492 e. The molecular weight excluding hydrogens is 352 g/mol. The minimum atomic E-state index is -0.318. The number of rotatable bonds is 6. The summed E-state index contributed by atoms with van der Waals surface area (Å²) in [6.45, 7) is 2.60. The van der Waals surface area contributed by atoms with Gasteiger partial charge in [-0.3, -0.25) is 5.32 Å². The Bertz CT molecular complexity index is 863. The van der Waals surface area contributed by atoms with E-state index in [2.05, 4.69) is 15.7 Å². The molecule has 0 spiro atoms. The molecule has 0 atom stereocenters. The topological polar surface area (TPSA) is 68.2 Å². The Morgan fingerprint density at radius 3 is 2.62 bits per heavy atom. The Kier molecular flexibility index (Phi) is 5.76. The Balaban J connectivity index is 1.51. The van der Waals surface area contributed by atoms with Gasteiger partial charge in [0, 0.05) is 11.1 Å². The van der Waals surface area contributed by atoms with Gasteiger partial charge in [-0.15, -0.1) is 0 Å². The summed E-state index contributed by atoms with van der Waals surface area (Å²) in [6, 6.07) is 18.2. The van der Waals surface area contributed by atoms with Crippen LogP contribution in [0.2, 0.25) is 5.02 Å². The highest BCUT2D eigenvalue weighted by atomic mass is 35.5.